The van der Waals surface area contributed by atoms with Gasteiger partial charge in [0, 0.05) is 0 Å². The molecular formula is C10H22N2. The molecule has 72 valence electrons. The van der Waals surface area contributed by atoms with E-state index in [0.717, 1.165) is 0 Å². The Morgan fingerprint density at radius 3 is 2.33 bits per heavy atom. The van der Waals surface area contributed by atoms with Crippen LogP contribution in [0.5, 0.6) is 0 Å². The lowest BCUT2D eigenvalue weighted by molar-refractivity contribution is 0.182. The minimum absolute atomic E-state index is 0.685. The van der Waals surface area contributed by atoms with E-state index in [1.54, 1.807) is 0 Å². The van der Waals surface area contributed by atoms with Crippen molar-refractivity contribution in [3.05, 3.63) is 0 Å². The summed E-state index contributed by atoms with van der Waals surface area (Å²) in [6, 6.07) is 0. The van der Waals surface area contributed by atoms with E-state index >= 15 is 0 Å². The summed E-state index contributed by atoms with van der Waals surface area (Å²) in [7, 11) is 0. The van der Waals surface area contributed by atoms with Gasteiger partial charge < -0.3 is 5.32 Å². The van der Waals surface area contributed by atoms with Gasteiger partial charge in [-0.3, -0.25) is 4.90 Å². The average Bonchev–Trinajstić information content (AvgIpc) is 2.56. The van der Waals surface area contributed by atoms with Crippen molar-refractivity contribution < 1.29 is 0 Å². The van der Waals surface area contributed by atoms with Gasteiger partial charge in [-0.05, 0) is 45.3 Å². The van der Waals surface area contributed by atoms with Gasteiger partial charge in [-0.1, -0.05) is 13.8 Å². The molecule has 1 atom stereocenters. The molecule has 1 aliphatic heterocycles. The zero-order valence-electron chi connectivity index (χ0n) is 8.47. The summed E-state index contributed by atoms with van der Waals surface area (Å²) < 4.78 is 0. The van der Waals surface area contributed by atoms with E-state index in [1.807, 2.05) is 0 Å². The fourth-order valence-corrected chi connectivity index (χ4v) is 1.98. The van der Waals surface area contributed by atoms with Gasteiger partial charge in [-0.2, -0.15) is 0 Å². The third-order valence-electron chi connectivity index (χ3n) is 2.50. The molecule has 12 heavy (non-hydrogen) atoms. The molecule has 2 heteroatoms. The van der Waals surface area contributed by atoms with Crippen LogP contribution in [-0.4, -0.2) is 30.7 Å². The van der Waals surface area contributed by atoms with E-state index < -0.39 is 0 Å². The highest BCUT2D eigenvalue weighted by molar-refractivity contribution is 4.75. The highest BCUT2D eigenvalue weighted by Gasteiger charge is 2.19. The van der Waals surface area contributed by atoms with Gasteiger partial charge in [0.15, 0.2) is 0 Å². The molecule has 0 amide bonds. The molecule has 1 rings (SSSR count). The van der Waals surface area contributed by atoms with Crippen molar-refractivity contribution in [1.29, 1.82) is 0 Å². The minimum Gasteiger partial charge on any atom is -0.302 e. The molecule has 0 aromatic carbocycles. The Hall–Kier alpha value is -0.0800. The largest absolute Gasteiger partial charge is 0.302 e. The van der Waals surface area contributed by atoms with Gasteiger partial charge >= 0.3 is 0 Å². The third-order valence-corrected chi connectivity index (χ3v) is 2.50. The molecule has 0 radical (unpaired) electrons. The molecule has 1 unspecified atom stereocenters. The van der Waals surface area contributed by atoms with Gasteiger partial charge in [-0.15, -0.1) is 0 Å². The topological polar surface area (TPSA) is 15.3 Å². The standard InChI is InChI=1S/C10H22N2/c1-3-8-12(9-4-2)10-6-5-7-11-10/h10-11H,3-9H2,1-2H3. The Morgan fingerprint density at radius 2 is 1.92 bits per heavy atom. The second-order valence-corrected chi connectivity index (χ2v) is 3.65. The lowest BCUT2D eigenvalue weighted by atomic mass is 10.2. The number of hydrogen-bond acceptors (Lipinski definition) is 2. The zero-order valence-corrected chi connectivity index (χ0v) is 8.47. The molecule has 1 fully saturated rings. The first-order chi connectivity index (χ1) is 5.88. The van der Waals surface area contributed by atoms with Crippen molar-refractivity contribution in [2.24, 2.45) is 0 Å². The summed E-state index contributed by atoms with van der Waals surface area (Å²) in [6.45, 7) is 8.25. The average molecular weight is 170 g/mol. The van der Waals surface area contributed by atoms with Gasteiger partial charge in [0.2, 0.25) is 0 Å². The molecule has 1 N–H and O–H groups in total. The lowest BCUT2D eigenvalue weighted by Crippen LogP contribution is -2.42. The quantitative estimate of drug-likeness (QED) is 0.677. The zero-order chi connectivity index (χ0) is 8.81. The Balaban J connectivity index is 2.29. The summed E-state index contributed by atoms with van der Waals surface area (Å²) in [5.74, 6) is 0. The fraction of sp³-hybridized carbons (Fsp3) is 1.00. The van der Waals surface area contributed by atoms with Crippen molar-refractivity contribution >= 4 is 0 Å². The Bertz CT molecular complexity index is 102. The first-order valence-corrected chi connectivity index (χ1v) is 5.36. The van der Waals surface area contributed by atoms with E-state index in [1.165, 1.54) is 45.3 Å². The van der Waals surface area contributed by atoms with Crippen LogP contribution >= 0.6 is 0 Å². The molecular weight excluding hydrogens is 148 g/mol. The SMILES string of the molecule is CCCN(CCC)C1CCCN1. The first kappa shape index (κ1) is 10.0. The fourth-order valence-electron chi connectivity index (χ4n) is 1.98. The van der Waals surface area contributed by atoms with E-state index in [9.17, 15) is 0 Å². The van der Waals surface area contributed by atoms with Crippen molar-refractivity contribution in [3.63, 3.8) is 0 Å². The number of hydrogen-bond donors (Lipinski definition) is 1. The smallest absolute Gasteiger partial charge is 0.0597 e. The van der Waals surface area contributed by atoms with Crippen LogP contribution in [0.15, 0.2) is 0 Å². The second-order valence-electron chi connectivity index (χ2n) is 3.65. The molecule has 0 bridgehead atoms. The second kappa shape index (κ2) is 5.55. The third kappa shape index (κ3) is 2.76. The maximum Gasteiger partial charge on any atom is 0.0597 e. The molecule has 2 nitrogen and oxygen atoms in total. The lowest BCUT2D eigenvalue weighted by Gasteiger charge is -2.27. The Morgan fingerprint density at radius 1 is 1.25 bits per heavy atom. The number of rotatable bonds is 5. The maximum absolute atomic E-state index is 3.55. The van der Waals surface area contributed by atoms with Crippen LogP contribution in [-0.2, 0) is 0 Å². The molecule has 0 saturated carbocycles. The van der Waals surface area contributed by atoms with Crippen LogP contribution in [0.25, 0.3) is 0 Å². The predicted molar refractivity (Wildman–Crippen MR) is 53.2 cm³/mol. The number of nitrogens with one attached hydrogen (secondary N) is 1. The molecule has 0 aromatic rings. The van der Waals surface area contributed by atoms with E-state index in [-0.39, 0.29) is 0 Å². The molecule has 0 spiro atoms. The highest BCUT2D eigenvalue weighted by atomic mass is 15.3. The van der Waals surface area contributed by atoms with Gasteiger partial charge in [-0.25, -0.2) is 0 Å². The van der Waals surface area contributed by atoms with E-state index in [4.69, 9.17) is 0 Å². The van der Waals surface area contributed by atoms with Crippen molar-refractivity contribution in [3.8, 4) is 0 Å². The minimum atomic E-state index is 0.685. The van der Waals surface area contributed by atoms with Crippen molar-refractivity contribution in [2.75, 3.05) is 19.6 Å². The summed E-state index contributed by atoms with van der Waals surface area (Å²) in [4.78, 5) is 2.59. The van der Waals surface area contributed by atoms with E-state index in [0.29, 0.717) is 6.17 Å². The highest BCUT2D eigenvalue weighted by Crippen LogP contribution is 2.11. The number of nitrogens with zero attached hydrogens (tertiary/aromatic N) is 1. The van der Waals surface area contributed by atoms with Crippen LogP contribution in [0.2, 0.25) is 0 Å². The molecule has 1 saturated heterocycles. The van der Waals surface area contributed by atoms with Crippen LogP contribution in [0.4, 0.5) is 0 Å². The van der Waals surface area contributed by atoms with Crippen molar-refractivity contribution in [2.45, 2.75) is 45.7 Å². The van der Waals surface area contributed by atoms with Gasteiger partial charge in [0.25, 0.3) is 0 Å². The molecule has 1 aliphatic rings. The van der Waals surface area contributed by atoms with Crippen LogP contribution in [0.1, 0.15) is 39.5 Å². The summed E-state index contributed by atoms with van der Waals surface area (Å²) >= 11 is 0. The molecule has 1 heterocycles. The van der Waals surface area contributed by atoms with Crippen LogP contribution in [0, 0.1) is 0 Å². The summed E-state index contributed by atoms with van der Waals surface area (Å²) in [6.07, 6.45) is 5.94. The summed E-state index contributed by atoms with van der Waals surface area (Å²) in [5, 5.41) is 3.55. The van der Waals surface area contributed by atoms with Crippen LogP contribution < -0.4 is 5.32 Å². The predicted octanol–water partition coefficient (Wildman–Crippen LogP) is 1.82. The van der Waals surface area contributed by atoms with Gasteiger partial charge in [0.05, 0.1) is 6.17 Å². The van der Waals surface area contributed by atoms with E-state index in [2.05, 4.69) is 24.1 Å². The molecule has 0 aliphatic carbocycles. The monoisotopic (exact) mass is 170 g/mol. The maximum atomic E-state index is 3.55. The van der Waals surface area contributed by atoms with Crippen LogP contribution in [0.3, 0.4) is 0 Å². The van der Waals surface area contributed by atoms with Gasteiger partial charge in [0.1, 0.15) is 0 Å². The summed E-state index contributed by atoms with van der Waals surface area (Å²) in [5.41, 5.74) is 0. The Kier molecular flexibility index (Phi) is 4.62. The Labute approximate surface area is 76.3 Å². The van der Waals surface area contributed by atoms with Crippen molar-refractivity contribution in [1.82, 2.24) is 10.2 Å². The normalized spacial score (nSPS) is 23.8. The molecule has 0 aromatic heterocycles. The first-order valence-electron chi connectivity index (χ1n) is 5.36.